The van der Waals surface area contributed by atoms with Crippen molar-refractivity contribution in [2.24, 2.45) is 11.5 Å². The summed E-state index contributed by atoms with van der Waals surface area (Å²) >= 11 is 0. The lowest BCUT2D eigenvalue weighted by Gasteiger charge is -2.33. The first kappa shape index (κ1) is 12.0. The van der Waals surface area contributed by atoms with Crippen molar-refractivity contribution in [1.29, 1.82) is 0 Å². The van der Waals surface area contributed by atoms with E-state index in [1.807, 2.05) is 0 Å². The third-order valence-corrected chi connectivity index (χ3v) is 2.82. The van der Waals surface area contributed by atoms with Gasteiger partial charge in [-0.1, -0.05) is 0 Å². The monoisotopic (exact) mass is 239 g/mol. The predicted octanol–water partition coefficient (Wildman–Crippen LogP) is -1.60. The number of amides is 1. The third kappa shape index (κ3) is 2.63. The Morgan fingerprint density at radius 1 is 1.65 bits per heavy atom. The van der Waals surface area contributed by atoms with Gasteiger partial charge in [0, 0.05) is 31.4 Å². The maximum Gasteiger partial charge on any atom is 0.274 e. The number of aliphatic hydroxyl groups is 1. The van der Waals surface area contributed by atoms with Crippen molar-refractivity contribution in [2.75, 3.05) is 13.1 Å². The van der Waals surface area contributed by atoms with Crippen LogP contribution in [0.25, 0.3) is 0 Å². The molecule has 1 aliphatic rings. The van der Waals surface area contributed by atoms with Gasteiger partial charge in [0.2, 0.25) is 0 Å². The molecule has 0 bridgehead atoms. The molecule has 2 unspecified atom stereocenters. The fourth-order valence-corrected chi connectivity index (χ4v) is 2.01. The van der Waals surface area contributed by atoms with Gasteiger partial charge in [-0.25, -0.2) is 0 Å². The number of aromatic nitrogens is 2. The van der Waals surface area contributed by atoms with E-state index in [0.29, 0.717) is 37.4 Å². The number of hydrogen-bond acceptors (Lipinski definition) is 5. The molecule has 1 fully saturated rings. The average molecular weight is 239 g/mol. The molecule has 6 N–H and O–H groups in total. The maximum atomic E-state index is 12.1. The summed E-state index contributed by atoms with van der Waals surface area (Å²) in [5, 5.41) is 16.2. The van der Waals surface area contributed by atoms with Crippen LogP contribution < -0.4 is 11.5 Å². The summed E-state index contributed by atoms with van der Waals surface area (Å²) in [4.78, 5) is 13.6. The maximum absolute atomic E-state index is 12.1. The van der Waals surface area contributed by atoms with Gasteiger partial charge in [0.25, 0.3) is 5.91 Å². The fourth-order valence-electron chi connectivity index (χ4n) is 2.01. The first-order valence-electron chi connectivity index (χ1n) is 5.57. The minimum absolute atomic E-state index is 0.185. The zero-order chi connectivity index (χ0) is 12.4. The quantitative estimate of drug-likeness (QED) is 0.495. The number of hydrogen-bond donors (Lipinski definition) is 4. The Hall–Kier alpha value is -1.44. The number of nitrogens with zero attached hydrogens (tertiary/aromatic N) is 2. The van der Waals surface area contributed by atoms with Crippen molar-refractivity contribution in [3.63, 3.8) is 0 Å². The van der Waals surface area contributed by atoms with Crippen molar-refractivity contribution in [3.05, 3.63) is 17.5 Å². The molecule has 1 saturated heterocycles. The number of β-amino-alcohol motifs (C(OH)–C–C–N with tert-alkyl or cyclic N) is 1. The van der Waals surface area contributed by atoms with E-state index in [9.17, 15) is 9.90 Å². The van der Waals surface area contributed by atoms with Gasteiger partial charge in [0.05, 0.1) is 6.10 Å². The topological polar surface area (TPSA) is 121 Å². The molecule has 7 heteroatoms. The van der Waals surface area contributed by atoms with Crippen molar-refractivity contribution in [1.82, 2.24) is 15.1 Å². The number of aliphatic hydroxyl groups excluding tert-OH is 1. The highest BCUT2D eigenvalue weighted by Gasteiger charge is 2.28. The van der Waals surface area contributed by atoms with Gasteiger partial charge in [0.1, 0.15) is 5.69 Å². The predicted molar refractivity (Wildman–Crippen MR) is 61.0 cm³/mol. The molecule has 1 amide bonds. The molecule has 7 nitrogen and oxygen atoms in total. The van der Waals surface area contributed by atoms with Crippen LogP contribution in [0.2, 0.25) is 0 Å². The van der Waals surface area contributed by atoms with Gasteiger partial charge >= 0.3 is 0 Å². The van der Waals surface area contributed by atoms with Crippen LogP contribution in [0.3, 0.4) is 0 Å². The van der Waals surface area contributed by atoms with Crippen LogP contribution in [0.15, 0.2) is 6.07 Å². The number of piperidine rings is 1. The number of nitrogens with two attached hydrogens (primary N) is 2. The summed E-state index contributed by atoms with van der Waals surface area (Å²) in [5.41, 5.74) is 12.2. The molecule has 0 aromatic carbocycles. The zero-order valence-electron chi connectivity index (χ0n) is 9.47. The summed E-state index contributed by atoms with van der Waals surface area (Å²) in [6.45, 7) is 1.06. The molecule has 17 heavy (non-hydrogen) atoms. The Morgan fingerprint density at radius 3 is 3.00 bits per heavy atom. The highest BCUT2D eigenvalue weighted by molar-refractivity contribution is 5.92. The summed E-state index contributed by atoms with van der Waals surface area (Å²) in [5.74, 6) is -0.227. The van der Waals surface area contributed by atoms with Gasteiger partial charge < -0.3 is 21.5 Å². The molecule has 0 radical (unpaired) electrons. The van der Waals surface area contributed by atoms with Gasteiger partial charge in [-0.2, -0.15) is 5.10 Å². The molecule has 2 rings (SSSR count). The normalized spacial score (nSPS) is 25.0. The van der Waals surface area contributed by atoms with E-state index in [2.05, 4.69) is 10.2 Å². The fraction of sp³-hybridized carbons (Fsp3) is 0.600. The molecule has 1 aromatic rings. The van der Waals surface area contributed by atoms with E-state index < -0.39 is 6.10 Å². The van der Waals surface area contributed by atoms with Crippen LogP contribution in [0.4, 0.5) is 0 Å². The lowest BCUT2D eigenvalue weighted by Crippen LogP contribution is -2.51. The van der Waals surface area contributed by atoms with Gasteiger partial charge in [-0.15, -0.1) is 0 Å². The number of likely N-dealkylation sites (tertiary alicyclic amines) is 1. The van der Waals surface area contributed by atoms with Gasteiger partial charge in [-0.3, -0.25) is 9.89 Å². The molecule has 0 saturated carbocycles. The Balaban J connectivity index is 2.08. The van der Waals surface area contributed by atoms with Crippen LogP contribution in [0.5, 0.6) is 0 Å². The van der Waals surface area contributed by atoms with E-state index in [4.69, 9.17) is 11.5 Å². The summed E-state index contributed by atoms with van der Waals surface area (Å²) in [6.07, 6.45) is -0.0334. The standard InChI is InChI=1S/C10H17N5O2/c11-3-7-2-9(14-13-7)10(17)15-4-6(12)1-8(16)5-15/h2,6,8,16H,1,3-5,11-12H2,(H,13,14). The first-order chi connectivity index (χ1) is 8.10. The van der Waals surface area contributed by atoms with Crippen LogP contribution in [-0.4, -0.2) is 51.3 Å². The van der Waals surface area contributed by atoms with E-state index in [0.717, 1.165) is 0 Å². The Labute approximate surface area is 98.8 Å². The SMILES string of the molecule is NCc1cc(C(=O)N2CC(N)CC(O)C2)n[nH]1. The molecule has 94 valence electrons. The molecule has 2 atom stereocenters. The average Bonchev–Trinajstić information content (AvgIpc) is 2.75. The van der Waals surface area contributed by atoms with E-state index in [-0.39, 0.29) is 11.9 Å². The lowest BCUT2D eigenvalue weighted by molar-refractivity contribution is 0.0419. The van der Waals surface area contributed by atoms with Crippen molar-refractivity contribution < 1.29 is 9.90 Å². The minimum atomic E-state index is -0.560. The summed E-state index contributed by atoms with van der Waals surface area (Å²) < 4.78 is 0. The highest BCUT2D eigenvalue weighted by atomic mass is 16.3. The largest absolute Gasteiger partial charge is 0.391 e. The number of carbonyl (C=O) groups excluding carboxylic acids is 1. The van der Waals surface area contributed by atoms with Gasteiger partial charge in [0.15, 0.2) is 0 Å². The number of carbonyl (C=O) groups is 1. The van der Waals surface area contributed by atoms with Crippen molar-refractivity contribution in [3.8, 4) is 0 Å². The number of nitrogens with one attached hydrogen (secondary N) is 1. The van der Waals surface area contributed by atoms with Crippen LogP contribution in [0.1, 0.15) is 22.6 Å². The third-order valence-electron chi connectivity index (χ3n) is 2.82. The van der Waals surface area contributed by atoms with Gasteiger partial charge in [-0.05, 0) is 12.5 Å². The van der Waals surface area contributed by atoms with Crippen LogP contribution in [0, 0.1) is 0 Å². The number of rotatable bonds is 2. The number of H-pyrrole nitrogens is 1. The molecule has 1 aromatic heterocycles. The Morgan fingerprint density at radius 2 is 2.41 bits per heavy atom. The van der Waals surface area contributed by atoms with E-state index in [1.54, 1.807) is 6.07 Å². The summed E-state index contributed by atoms with van der Waals surface area (Å²) in [7, 11) is 0. The summed E-state index contributed by atoms with van der Waals surface area (Å²) in [6, 6.07) is 1.44. The minimum Gasteiger partial charge on any atom is -0.391 e. The Kier molecular flexibility index (Phi) is 3.41. The number of aromatic amines is 1. The molecule has 0 aliphatic carbocycles. The molecule has 0 spiro atoms. The first-order valence-corrected chi connectivity index (χ1v) is 5.57. The highest BCUT2D eigenvalue weighted by Crippen LogP contribution is 2.12. The van der Waals surface area contributed by atoms with Crippen LogP contribution in [-0.2, 0) is 6.54 Å². The van der Waals surface area contributed by atoms with E-state index in [1.165, 1.54) is 4.90 Å². The Bertz CT molecular complexity index is 395. The molecule has 1 aliphatic heterocycles. The van der Waals surface area contributed by atoms with Crippen molar-refractivity contribution in [2.45, 2.75) is 25.1 Å². The zero-order valence-corrected chi connectivity index (χ0v) is 9.47. The second-order valence-electron chi connectivity index (χ2n) is 4.34. The second kappa shape index (κ2) is 4.82. The smallest absolute Gasteiger partial charge is 0.274 e. The van der Waals surface area contributed by atoms with E-state index >= 15 is 0 Å². The molecular formula is C10H17N5O2. The lowest BCUT2D eigenvalue weighted by atomic mass is 10.0. The van der Waals surface area contributed by atoms with Crippen LogP contribution >= 0.6 is 0 Å². The second-order valence-corrected chi connectivity index (χ2v) is 4.34. The molecular weight excluding hydrogens is 222 g/mol. The van der Waals surface area contributed by atoms with Crippen molar-refractivity contribution >= 4 is 5.91 Å². The molecule has 2 heterocycles.